The minimum absolute atomic E-state index is 1.29. The van der Waals surface area contributed by atoms with Crippen molar-refractivity contribution in [2.45, 2.75) is 304 Å². The molecule has 0 spiro atoms. The summed E-state index contributed by atoms with van der Waals surface area (Å²) < 4.78 is 0. The van der Waals surface area contributed by atoms with Gasteiger partial charge in [0.05, 0.1) is 0 Å². The van der Waals surface area contributed by atoms with Gasteiger partial charge in [-0.2, -0.15) is 0 Å². The first-order valence-corrected chi connectivity index (χ1v) is 30.4. The highest BCUT2D eigenvalue weighted by molar-refractivity contribution is 8.03. The molecule has 0 saturated heterocycles. The van der Waals surface area contributed by atoms with Crippen molar-refractivity contribution in [3.8, 4) is 0 Å². The normalized spacial score (nSPS) is 11.7. The van der Waals surface area contributed by atoms with E-state index in [4.69, 9.17) is 0 Å². The summed E-state index contributed by atoms with van der Waals surface area (Å²) in [5.41, 5.74) is 0. The average molecular weight is 880 g/mol. The molecule has 0 unspecified atom stereocenters. The predicted molar refractivity (Wildman–Crippen MR) is 277 cm³/mol. The van der Waals surface area contributed by atoms with Crippen molar-refractivity contribution in [1.29, 1.82) is 0 Å². The standard InChI is InChI=1S/C54H102S4/c1-5-9-13-17-21-25-29-33-37-41-45-55-51-49-53(57-47-43-39-35-31-27-23-19-15-11-7-3)54(58-48-44-40-36-32-28-24-20-16-12-8-4)50-52(51)56-46-42-38-34-30-26-22-18-14-10-6-2/h49-50H,5-48H2,1-4H3. The molecule has 0 heterocycles. The van der Waals surface area contributed by atoms with E-state index < -0.39 is 0 Å². The van der Waals surface area contributed by atoms with Crippen LogP contribution in [0.2, 0.25) is 0 Å². The van der Waals surface area contributed by atoms with E-state index in [1.54, 1.807) is 19.6 Å². The van der Waals surface area contributed by atoms with E-state index in [2.05, 4.69) is 86.9 Å². The molecule has 0 N–H and O–H groups in total. The first kappa shape index (κ1) is 56.6. The Balaban J connectivity index is 2.77. The van der Waals surface area contributed by atoms with Gasteiger partial charge in [0.25, 0.3) is 0 Å². The predicted octanol–water partition coefficient (Wildman–Crippen LogP) is 21.7. The van der Waals surface area contributed by atoms with Gasteiger partial charge in [0, 0.05) is 19.6 Å². The van der Waals surface area contributed by atoms with Crippen LogP contribution in [0.5, 0.6) is 0 Å². The van der Waals surface area contributed by atoms with Gasteiger partial charge in [0.15, 0.2) is 0 Å². The fourth-order valence-electron chi connectivity index (χ4n) is 8.06. The molecular weight excluding hydrogens is 777 g/mol. The lowest BCUT2D eigenvalue weighted by atomic mass is 10.1. The third kappa shape index (κ3) is 37.2. The van der Waals surface area contributed by atoms with Crippen molar-refractivity contribution in [2.24, 2.45) is 0 Å². The smallest absolute Gasteiger partial charge is 0.0220 e. The van der Waals surface area contributed by atoms with E-state index in [1.165, 1.54) is 280 Å². The first-order chi connectivity index (χ1) is 28.8. The second-order valence-corrected chi connectivity index (χ2v) is 22.4. The van der Waals surface area contributed by atoms with Gasteiger partial charge in [-0.25, -0.2) is 0 Å². The number of benzene rings is 1. The van der Waals surface area contributed by atoms with E-state index >= 15 is 0 Å². The molecule has 342 valence electrons. The van der Waals surface area contributed by atoms with E-state index in [0.29, 0.717) is 0 Å². The molecule has 0 bridgehead atoms. The minimum atomic E-state index is 1.29. The molecule has 58 heavy (non-hydrogen) atoms. The lowest BCUT2D eigenvalue weighted by Crippen LogP contribution is -1.92. The quantitative estimate of drug-likeness (QED) is 0.0472. The van der Waals surface area contributed by atoms with Crippen molar-refractivity contribution >= 4 is 47.0 Å². The number of unbranched alkanes of at least 4 members (excludes halogenated alkanes) is 36. The van der Waals surface area contributed by atoms with Crippen LogP contribution in [-0.2, 0) is 0 Å². The first-order valence-electron chi connectivity index (χ1n) is 26.5. The zero-order valence-corrected chi connectivity index (χ0v) is 43.2. The molecule has 1 aromatic rings. The molecule has 1 rings (SSSR count). The Morgan fingerprint density at radius 2 is 0.345 bits per heavy atom. The molecule has 0 radical (unpaired) electrons. The SMILES string of the molecule is CCCCCCCCCCCCSc1cc(SCCCCCCCCCCCC)c(SCCCCCCCCCCCC)cc1SCCCCCCCCCCCC. The maximum Gasteiger partial charge on any atom is 0.0220 e. The van der Waals surface area contributed by atoms with Crippen molar-refractivity contribution < 1.29 is 0 Å². The van der Waals surface area contributed by atoms with Crippen LogP contribution in [0.1, 0.15) is 285 Å². The van der Waals surface area contributed by atoms with Gasteiger partial charge in [-0.3, -0.25) is 0 Å². The maximum atomic E-state index is 2.67. The van der Waals surface area contributed by atoms with E-state index in [0.717, 1.165) is 0 Å². The fourth-order valence-corrected chi connectivity index (χ4v) is 12.8. The Morgan fingerprint density at radius 1 is 0.207 bits per heavy atom. The molecule has 0 atom stereocenters. The van der Waals surface area contributed by atoms with Crippen molar-refractivity contribution in [2.75, 3.05) is 23.0 Å². The molecule has 0 aliphatic heterocycles. The zero-order chi connectivity index (χ0) is 41.7. The molecule has 0 saturated carbocycles. The molecule has 0 amide bonds. The number of rotatable bonds is 48. The van der Waals surface area contributed by atoms with E-state index in [9.17, 15) is 0 Å². The van der Waals surface area contributed by atoms with Crippen LogP contribution in [-0.4, -0.2) is 23.0 Å². The maximum absolute atomic E-state index is 2.67. The van der Waals surface area contributed by atoms with Gasteiger partial charge in [-0.05, 0) is 60.8 Å². The molecule has 1 aromatic carbocycles. The van der Waals surface area contributed by atoms with Crippen LogP contribution < -0.4 is 0 Å². The average Bonchev–Trinajstić information content (AvgIpc) is 3.23. The van der Waals surface area contributed by atoms with Crippen molar-refractivity contribution in [1.82, 2.24) is 0 Å². The third-order valence-electron chi connectivity index (χ3n) is 12.0. The fraction of sp³-hybridized carbons (Fsp3) is 0.889. The molecular formula is C54H102S4. The summed E-state index contributed by atoms with van der Waals surface area (Å²) >= 11 is 8.77. The molecule has 4 heteroatoms. The van der Waals surface area contributed by atoms with Gasteiger partial charge < -0.3 is 0 Å². The second kappa shape index (κ2) is 47.1. The lowest BCUT2D eigenvalue weighted by molar-refractivity contribution is 0.563. The Labute approximate surface area is 383 Å². The lowest BCUT2D eigenvalue weighted by Gasteiger charge is -2.16. The summed E-state index contributed by atoms with van der Waals surface area (Å²) in [6.45, 7) is 9.30. The van der Waals surface area contributed by atoms with Gasteiger partial charge in [-0.1, -0.05) is 259 Å². The summed E-state index contributed by atoms with van der Waals surface area (Å²) in [7, 11) is 0. The summed E-state index contributed by atoms with van der Waals surface area (Å²) in [6, 6.07) is 5.34. The molecule has 0 aliphatic carbocycles. The van der Waals surface area contributed by atoms with Crippen LogP contribution in [0.15, 0.2) is 31.7 Å². The van der Waals surface area contributed by atoms with Crippen LogP contribution in [0.25, 0.3) is 0 Å². The highest BCUT2D eigenvalue weighted by atomic mass is 32.2. The van der Waals surface area contributed by atoms with Gasteiger partial charge in [0.2, 0.25) is 0 Å². The van der Waals surface area contributed by atoms with Gasteiger partial charge in [0.1, 0.15) is 0 Å². The largest absolute Gasteiger partial charge is 0.125 e. The number of hydrogen-bond donors (Lipinski definition) is 0. The zero-order valence-electron chi connectivity index (χ0n) is 39.9. The molecule has 0 aromatic heterocycles. The second-order valence-electron chi connectivity index (χ2n) is 17.9. The van der Waals surface area contributed by atoms with Crippen LogP contribution in [0, 0.1) is 0 Å². The highest BCUT2D eigenvalue weighted by Gasteiger charge is 2.13. The van der Waals surface area contributed by atoms with Crippen LogP contribution >= 0.6 is 47.0 Å². The number of hydrogen-bond acceptors (Lipinski definition) is 4. The topological polar surface area (TPSA) is 0 Å². The van der Waals surface area contributed by atoms with Gasteiger partial charge >= 0.3 is 0 Å². The van der Waals surface area contributed by atoms with E-state index in [1.807, 2.05) is 0 Å². The van der Waals surface area contributed by atoms with Crippen molar-refractivity contribution in [3.63, 3.8) is 0 Å². The van der Waals surface area contributed by atoms with Crippen LogP contribution in [0.3, 0.4) is 0 Å². The van der Waals surface area contributed by atoms with Crippen molar-refractivity contribution in [3.05, 3.63) is 12.1 Å². The van der Waals surface area contributed by atoms with Crippen LogP contribution in [0.4, 0.5) is 0 Å². The molecule has 0 fully saturated rings. The van der Waals surface area contributed by atoms with E-state index in [-0.39, 0.29) is 0 Å². The summed E-state index contributed by atoms with van der Waals surface area (Å²) in [5.74, 6) is 5.15. The monoisotopic (exact) mass is 879 g/mol. The summed E-state index contributed by atoms with van der Waals surface area (Å²) in [6.07, 6.45) is 57.0. The summed E-state index contributed by atoms with van der Waals surface area (Å²) in [5, 5.41) is 0. The summed E-state index contributed by atoms with van der Waals surface area (Å²) in [4.78, 5) is 6.40. The minimum Gasteiger partial charge on any atom is -0.125 e. The Hall–Kier alpha value is 0.620. The Morgan fingerprint density at radius 3 is 0.500 bits per heavy atom. The Kier molecular flexibility index (Phi) is 46.0. The molecule has 0 aliphatic rings. The number of thioether (sulfide) groups is 4. The van der Waals surface area contributed by atoms with Gasteiger partial charge in [-0.15, -0.1) is 47.0 Å². The Bertz CT molecular complexity index is 801. The highest BCUT2D eigenvalue weighted by Crippen LogP contribution is 2.42. The molecule has 0 nitrogen and oxygen atoms in total. The third-order valence-corrected chi connectivity index (χ3v) is 16.9.